The van der Waals surface area contributed by atoms with Crippen LogP contribution in [-0.4, -0.2) is 15.6 Å². The van der Waals surface area contributed by atoms with E-state index in [1.54, 1.807) is 6.92 Å². The average Bonchev–Trinajstić information content (AvgIpc) is 3.37. The van der Waals surface area contributed by atoms with Crippen LogP contribution in [0, 0.1) is 12.8 Å². The van der Waals surface area contributed by atoms with Gasteiger partial charge in [0, 0.05) is 13.8 Å². The summed E-state index contributed by atoms with van der Waals surface area (Å²) in [4.78, 5) is 13.2. The van der Waals surface area contributed by atoms with Crippen LogP contribution in [0.3, 0.4) is 0 Å². The lowest BCUT2D eigenvalue weighted by atomic mass is 9.64. The molecular formula is C25H30BrN3O2. The van der Waals surface area contributed by atoms with E-state index in [0.717, 1.165) is 36.2 Å². The molecule has 2 aromatic carbocycles. The molecule has 31 heavy (non-hydrogen) atoms. The first-order valence-corrected chi connectivity index (χ1v) is 10.6. The van der Waals surface area contributed by atoms with E-state index in [0.29, 0.717) is 0 Å². The number of hydrogen-bond acceptors (Lipinski definition) is 2. The van der Waals surface area contributed by atoms with E-state index in [1.807, 2.05) is 84.5 Å². The van der Waals surface area contributed by atoms with Gasteiger partial charge in [0.05, 0.1) is 0 Å². The standard InChI is InChI=1S/C25H29N3O2.BrH/c1-18-27(19(2)29)15-16-28(18)23-14-13-22(17-23)25(24(26)30,20-9-5-3-6-10-20)21-11-7-4-8-12-21;/h3-12,15-16,19,22-23,29H,13-14,17H2,1-2H3,(H-,26,30);1H/t19?,22-,23+;/m1./s1. The SMILES string of the molecule is Cc1n([C@H]2CC[C@@H](C(C(N)=O)(c3ccccc3)c3ccccc3)C2)cc[n+]1C(C)O.[Br-]. The second-order valence-corrected chi connectivity index (χ2v) is 8.36. The molecule has 1 unspecified atom stereocenters. The molecule has 1 aliphatic carbocycles. The summed E-state index contributed by atoms with van der Waals surface area (Å²) in [7, 11) is 0. The highest BCUT2D eigenvalue weighted by Gasteiger charge is 2.51. The van der Waals surface area contributed by atoms with Gasteiger partial charge in [-0.05, 0) is 36.3 Å². The number of nitrogens with zero attached hydrogens (tertiary/aromatic N) is 2. The minimum Gasteiger partial charge on any atom is -1.00 e. The van der Waals surface area contributed by atoms with E-state index in [2.05, 4.69) is 4.57 Å². The van der Waals surface area contributed by atoms with Gasteiger partial charge in [-0.2, -0.15) is 0 Å². The number of halogens is 1. The molecule has 3 N–H and O–H groups in total. The molecule has 1 aliphatic rings. The molecule has 0 radical (unpaired) electrons. The third-order valence-corrected chi connectivity index (χ3v) is 6.80. The minimum atomic E-state index is -0.863. The first-order valence-electron chi connectivity index (χ1n) is 10.6. The summed E-state index contributed by atoms with van der Waals surface area (Å²) in [6.45, 7) is 3.79. The van der Waals surface area contributed by atoms with Crippen molar-refractivity contribution in [2.24, 2.45) is 11.7 Å². The molecule has 0 saturated heterocycles. The summed E-state index contributed by atoms with van der Waals surface area (Å²) < 4.78 is 4.09. The third-order valence-electron chi connectivity index (χ3n) is 6.80. The van der Waals surface area contributed by atoms with Crippen molar-refractivity contribution in [2.45, 2.75) is 50.8 Å². The number of nitrogens with two attached hydrogens (primary N) is 1. The predicted octanol–water partition coefficient (Wildman–Crippen LogP) is 0.412. The van der Waals surface area contributed by atoms with Gasteiger partial charge in [0.15, 0.2) is 6.23 Å². The van der Waals surface area contributed by atoms with Crippen molar-refractivity contribution in [3.8, 4) is 0 Å². The fraction of sp³-hybridized carbons (Fsp3) is 0.360. The van der Waals surface area contributed by atoms with Gasteiger partial charge in [-0.1, -0.05) is 60.7 Å². The molecule has 3 atom stereocenters. The summed E-state index contributed by atoms with van der Waals surface area (Å²) in [5.41, 5.74) is 7.24. The van der Waals surface area contributed by atoms with Crippen LogP contribution in [0.2, 0.25) is 0 Å². The van der Waals surface area contributed by atoms with E-state index >= 15 is 0 Å². The molecule has 0 aliphatic heterocycles. The molecular weight excluding hydrogens is 454 g/mol. The van der Waals surface area contributed by atoms with Crippen LogP contribution in [-0.2, 0) is 10.2 Å². The normalized spacial score (nSPS) is 19.6. The number of hydrogen-bond donors (Lipinski definition) is 2. The lowest BCUT2D eigenvalue weighted by Gasteiger charge is -2.37. The highest BCUT2D eigenvalue weighted by atomic mass is 79.9. The number of aromatic nitrogens is 2. The second kappa shape index (κ2) is 9.37. The monoisotopic (exact) mass is 483 g/mol. The fourth-order valence-electron chi connectivity index (χ4n) is 5.40. The summed E-state index contributed by atoms with van der Waals surface area (Å²) >= 11 is 0. The molecule has 6 heteroatoms. The lowest BCUT2D eigenvalue weighted by Crippen LogP contribution is -3.00. The van der Waals surface area contributed by atoms with Crippen molar-refractivity contribution in [1.82, 2.24) is 4.57 Å². The van der Waals surface area contributed by atoms with Crippen LogP contribution in [0.1, 0.15) is 55.4 Å². The lowest BCUT2D eigenvalue weighted by molar-refractivity contribution is -0.760. The topological polar surface area (TPSA) is 72.1 Å². The van der Waals surface area contributed by atoms with Gasteiger partial charge < -0.3 is 27.8 Å². The molecule has 164 valence electrons. The summed E-state index contributed by atoms with van der Waals surface area (Å²) in [6, 6.07) is 20.2. The van der Waals surface area contributed by atoms with Crippen molar-refractivity contribution < 1.29 is 31.4 Å². The zero-order chi connectivity index (χ0) is 21.3. The van der Waals surface area contributed by atoms with Crippen LogP contribution in [0.25, 0.3) is 0 Å². The molecule has 1 fully saturated rings. The molecule has 5 nitrogen and oxygen atoms in total. The first kappa shape index (κ1) is 23.2. The molecule has 1 saturated carbocycles. The maximum absolute atomic E-state index is 13.2. The fourth-order valence-corrected chi connectivity index (χ4v) is 5.40. The number of aliphatic hydroxyl groups is 1. The van der Waals surface area contributed by atoms with Gasteiger partial charge in [-0.15, -0.1) is 0 Å². The summed E-state index contributed by atoms with van der Waals surface area (Å²) in [5.74, 6) is 0.806. The van der Waals surface area contributed by atoms with Crippen molar-refractivity contribution in [2.75, 3.05) is 0 Å². The number of benzene rings is 2. The molecule has 1 aromatic heterocycles. The third kappa shape index (κ3) is 3.94. The van der Waals surface area contributed by atoms with Gasteiger partial charge in [0.25, 0.3) is 5.82 Å². The Morgan fingerprint density at radius 3 is 2.10 bits per heavy atom. The van der Waals surface area contributed by atoms with Gasteiger partial charge in [0.1, 0.15) is 23.9 Å². The number of imidazole rings is 1. The number of aliphatic hydroxyl groups excluding tert-OH is 1. The van der Waals surface area contributed by atoms with Crippen molar-refractivity contribution in [3.63, 3.8) is 0 Å². The van der Waals surface area contributed by atoms with E-state index in [-0.39, 0.29) is 34.8 Å². The zero-order valence-corrected chi connectivity index (χ0v) is 19.6. The number of rotatable bonds is 6. The van der Waals surface area contributed by atoms with Crippen LogP contribution in [0.4, 0.5) is 0 Å². The largest absolute Gasteiger partial charge is 1.00 e. The molecule has 3 aromatic rings. The predicted molar refractivity (Wildman–Crippen MR) is 116 cm³/mol. The van der Waals surface area contributed by atoms with E-state index in [9.17, 15) is 9.90 Å². The maximum Gasteiger partial charge on any atom is 0.255 e. The minimum absolute atomic E-state index is 0. The van der Waals surface area contributed by atoms with Crippen molar-refractivity contribution in [3.05, 3.63) is 90.0 Å². The van der Waals surface area contributed by atoms with Crippen molar-refractivity contribution in [1.29, 1.82) is 0 Å². The Morgan fingerprint density at radius 2 is 1.65 bits per heavy atom. The second-order valence-electron chi connectivity index (χ2n) is 8.36. The first-order chi connectivity index (χ1) is 14.5. The highest BCUT2D eigenvalue weighted by Crippen LogP contribution is 2.49. The maximum atomic E-state index is 13.2. The van der Waals surface area contributed by atoms with Crippen molar-refractivity contribution >= 4 is 5.91 Å². The zero-order valence-electron chi connectivity index (χ0n) is 18.0. The quantitative estimate of drug-likeness (QED) is 0.498. The highest BCUT2D eigenvalue weighted by molar-refractivity contribution is 5.91. The van der Waals surface area contributed by atoms with Gasteiger partial charge in [0.2, 0.25) is 5.91 Å². The van der Waals surface area contributed by atoms with Crippen LogP contribution in [0.15, 0.2) is 73.1 Å². The van der Waals surface area contributed by atoms with Gasteiger partial charge >= 0.3 is 0 Å². The van der Waals surface area contributed by atoms with Crippen LogP contribution >= 0.6 is 0 Å². The number of amides is 1. The molecule has 0 spiro atoms. The van der Waals surface area contributed by atoms with Crippen LogP contribution in [0.5, 0.6) is 0 Å². The number of carbonyl (C=O) groups excluding carboxylic acids is 1. The van der Waals surface area contributed by atoms with Gasteiger partial charge in [-0.25, -0.2) is 9.13 Å². The molecule has 1 heterocycles. The smallest absolute Gasteiger partial charge is 0.255 e. The Kier molecular flexibility index (Phi) is 7.02. The Labute approximate surface area is 194 Å². The van der Waals surface area contributed by atoms with E-state index < -0.39 is 11.6 Å². The molecule has 0 bridgehead atoms. The van der Waals surface area contributed by atoms with E-state index in [4.69, 9.17) is 5.73 Å². The Balaban J connectivity index is 0.00000272. The Hall–Kier alpha value is -2.44. The molecule has 4 rings (SSSR count). The van der Waals surface area contributed by atoms with E-state index in [1.165, 1.54) is 0 Å². The summed E-state index contributed by atoms with van der Waals surface area (Å²) in [6.07, 6.45) is 6.11. The molecule has 1 amide bonds. The number of carbonyl (C=O) groups is 1. The van der Waals surface area contributed by atoms with Crippen LogP contribution < -0.4 is 27.3 Å². The Morgan fingerprint density at radius 1 is 1.10 bits per heavy atom. The summed E-state index contributed by atoms with van der Waals surface area (Å²) in [5, 5.41) is 10.0. The number of primary amides is 1. The van der Waals surface area contributed by atoms with Gasteiger partial charge in [-0.3, -0.25) is 4.79 Å². The Bertz CT molecular complexity index is 978. The average molecular weight is 484 g/mol.